The zero-order chi connectivity index (χ0) is 15.3. The second kappa shape index (κ2) is 7.23. The summed E-state index contributed by atoms with van der Waals surface area (Å²) in [7, 11) is 0. The second-order valence-corrected chi connectivity index (χ2v) is 5.41. The maximum Gasteiger partial charge on any atom is 0.326 e. The molecule has 0 radical (unpaired) electrons. The molecule has 1 rings (SSSR count). The van der Waals surface area contributed by atoms with Crippen LogP contribution in [0.25, 0.3) is 0 Å². The van der Waals surface area contributed by atoms with E-state index in [1.807, 2.05) is 0 Å². The molecule has 0 aliphatic rings. The molecule has 1 aromatic carbocycles. The predicted octanol–water partition coefficient (Wildman–Crippen LogP) is 2.19. The van der Waals surface area contributed by atoms with E-state index in [1.54, 1.807) is 19.9 Å². The number of aliphatic carboxylic acids is 1. The normalized spacial score (nSPS) is 12.1. The fourth-order valence-electron chi connectivity index (χ4n) is 1.46. The first-order valence-electron chi connectivity index (χ1n) is 5.91. The fraction of sp³-hybridized carbons (Fsp3) is 0.385. The summed E-state index contributed by atoms with van der Waals surface area (Å²) in [6.07, 6.45) is 0. The van der Waals surface area contributed by atoms with Crippen molar-refractivity contribution >= 4 is 27.8 Å². The fourth-order valence-corrected chi connectivity index (χ4v) is 1.80. The van der Waals surface area contributed by atoms with Crippen LogP contribution < -0.4 is 10.1 Å². The Morgan fingerprint density at radius 1 is 1.45 bits per heavy atom. The summed E-state index contributed by atoms with van der Waals surface area (Å²) in [5, 5.41) is 11.3. The van der Waals surface area contributed by atoms with Gasteiger partial charge >= 0.3 is 5.97 Å². The zero-order valence-corrected chi connectivity index (χ0v) is 12.6. The molecule has 0 spiro atoms. The van der Waals surface area contributed by atoms with Gasteiger partial charge < -0.3 is 15.2 Å². The lowest BCUT2D eigenvalue weighted by Gasteiger charge is -2.18. The Hall–Kier alpha value is -1.63. The van der Waals surface area contributed by atoms with Crippen molar-refractivity contribution in [3.63, 3.8) is 0 Å². The lowest BCUT2D eigenvalue weighted by molar-refractivity contribution is -0.143. The largest absolute Gasteiger partial charge is 0.481 e. The lowest BCUT2D eigenvalue weighted by atomic mass is 10.1. The number of hydrogen-bond donors (Lipinski definition) is 2. The molecule has 0 aromatic heterocycles. The van der Waals surface area contributed by atoms with Gasteiger partial charge in [-0.05, 0) is 24.1 Å². The number of halogens is 2. The molecule has 20 heavy (non-hydrogen) atoms. The molecule has 0 bridgehead atoms. The van der Waals surface area contributed by atoms with Crippen LogP contribution in [0.2, 0.25) is 0 Å². The van der Waals surface area contributed by atoms with E-state index in [0.29, 0.717) is 4.47 Å². The van der Waals surface area contributed by atoms with E-state index in [9.17, 15) is 14.0 Å². The summed E-state index contributed by atoms with van der Waals surface area (Å²) in [4.78, 5) is 22.5. The number of amides is 1. The first-order chi connectivity index (χ1) is 9.31. The number of benzene rings is 1. The third-order valence-electron chi connectivity index (χ3n) is 2.50. The van der Waals surface area contributed by atoms with Crippen molar-refractivity contribution in [3.05, 3.63) is 28.5 Å². The topological polar surface area (TPSA) is 75.6 Å². The van der Waals surface area contributed by atoms with E-state index in [2.05, 4.69) is 21.2 Å². The summed E-state index contributed by atoms with van der Waals surface area (Å²) < 4.78 is 19.0. The quantitative estimate of drug-likeness (QED) is 0.826. The van der Waals surface area contributed by atoms with Crippen molar-refractivity contribution in [1.29, 1.82) is 0 Å². The van der Waals surface area contributed by atoms with Gasteiger partial charge in [0.15, 0.2) is 18.2 Å². The zero-order valence-electron chi connectivity index (χ0n) is 11.0. The Kier molecular flexibility index (Phi) is 5.94. The Morgan fingerprint density at radius 2 is 2.10 bits per heavy atom. The van der Waals surface area contributed by atoms with Gasteiger partial charge in [-0.3, -0.25) is 4.79 Å². The molecule has 1 amide bonds. The van der Waals surface area contributed by atoms with E-state index in [1.165, 1.54) is 12.1 Å². The molecular formula is C13H15BrFNO4. The minimum absolute atomic E-state index is 0.0697. The summed E-state index contributed by atoms with van der Waals surface area (Å²) in [6.45, 7) is 2.90. The van der Waals surface area contributed by atoms with Gasteiger partial charge in [-0.1, -0.05) is 29.8 Å². The van der Waals surface area contributed by atoms with E-state index in [0.717, 1.165) is 0 Å². The van der Waals surface area contributed by atoms with Gasteiger partial charge in [-0.2, -0.15) is 0 Å². The minimum Gasteiger partial charge on any atom is -0.481 e. The molecule has 0 unspecified atom stereocenters. The van der Waals surface area contributed by atoms with Crippen LogP contribution in [0, 0.1) is 11.7 Å². The molecule has 0 saturated carbocycles. The first-order valence-corrected chi connectivity index (χ1v) is 6.70. The highest BCUT2D eigenvalue weighted by Crippen LogP contribution is 2.21. The Labute approximate surface area is 124 Å². The van der Waals surface area contributed by atoms with E-state index in [-0.39, 0.29) is 11.7 Å². The Bertz CT molecular complexity index is 507. The van der Waals surface area contributed by atoms with Crippen molar-refractivity contribution in [2.24, 2.45) is 5.92 Å². The SMILES string of the molecule is CC(C)[C@@H](NC(=O)COc1ccc(Br)cc1F)C(=O)O. The maximum atomic E-state index is 13.4. The van der Waals surface area contributed by atoms with Gasteiger partial charge in [0.2, 0.25) is 0 Å². The minimum atomic E-state index is -1.12. The van der Waals surface area contributed by atoms with Crippen LogP contribution in [0.1, 0.15) is 13.8 Å². The highest BCUT2D eigenvalue weighted by Gasteiger charge is 2.23. The standard InChI is InChI=1S/C13H15BrFNO4/c1-7(2)12(13(18)19)16-11(17)6-20-10-4-3-8(14)5-9(10)15/h3-5,7,12H,6H2,1-2H3,(H,16,17)(H,18,19)/t12-/m1/s1. The van der Waals surface area contributed by atoms with E-state index < -0.39 is 30.3 Å². The Balaban J connectivity index is 2.57. The summed E-state index contributed by atoms with van der Waals surface area (Å²) in [6, 6.07) is 3.16. The Morgan fingerprint density at radius 3 is 2.60 bits per heavy atom. The number of ether oxygens (including phenoxy) is 1. The van der Waals surface area contributed by atoms with Gasteiger partial charge in [0.1, 0.15) is 6.04 Å². The van der Waals surface area contributed by atoms with Gasteiger partial charge in [0.05, 0.1) is 0 Å². The molecular weight excluding hydrogens is 333 g/mol. The van der Waals surface area contributed by atoms with Crippen molar-refractivity contribution < 1.29 is 23.8 Å². The van der Waals surface area contributed by atoms with Crippen LogP contribution in [0.15, 0.2) is 22.7 Å². The lowest BCUT2D eigenvalue weighted by Crippen LogP contribution is -2.46. The molecule has 1 atom stereocenters. The summed E-state index contributed by atoms with van der Waals surface area (Å²) >= 11 is 3.10. The van der Waals surface area contributed by atoms with Gasteiger partial charge in [-0.15, -0.1) is 0 Å². The van der Waals surface area contributed by atoms with Crippen molar-refractivity contribution in [1.82, 2.24) is 5.32 Å². The third kappa shape index (κ3) is 4.80. The molecule has 0 heterocycles. The molecule has 5 nitrogen and oxygen atoms in total. The average Bonchev–Trinajstić information content (AvgIpc) is 2.34. The highest BCUT2D eigenvalue weighted by atomic mass is 79.9. The van der Waals surface area contributed by atoms with E-state index >= 15 is 0 Å². The van der Waals surface area contributed by atoms with Crippen LogP contribution in [0.4, 0.5) is 4.39 Å². The molecule has 0 saturated heterocycles. The van der Waals surface area contributed by atoms with Crippen molar-refractivity contribution in [2.75, 3.05) is 6.61 Å². The number of carbonyl (C=O) groups is 2. The smallest absolute Gasteiger partial charge is 0.326 e. The van der Waals surface area contributed by atoms with E-state index in [4.69, 9.17) is 9.84 Å². The first kappa shape index (κ1) is 16.4. The number of nitrogens with one attached hydrogen (secondary N) is 1. The number of carboxylic acid groups (broad SMARTS) is 1. The van der Waals surface area contributed by atoms with Crippen molar-refractivity contribution in [3.8, 4) is 5.75 Å². The number of rotatable bonds is 6. The third-order valence-corrected chi connectivity index (χ3v) is 3.00. The number of carboxylic acids is 1. The predicted molar refractivity (Wildman–Crippen MR) is 74.0 cm³/mol. The molecule has 0 aliphatic heterocycles. The number of hydrogen-bond acceptors (Lipinski definition) is 3. The molecule has 110 valence electrons. The van der Waals surface area contributed by atoms with Crippen LogP contribution in [0.3, 0.4) is 0 Å². The van der Waals surface area contributed by atoms with Crippen molar-refractivity contribution in [2.45, 2.75) is 19.9 Å². The number of carbonyl (C=O) groups excluding carboxylic acids is 1. The maximum absolute atomic E-state index is 13.4. The second-order valence-electron chi connectivity index (χ2n) is 4.49. The molecule has 2 N–H and O–H groups in total. The van der Waals surface area contributed by atoms with Crippen LogP contribution in [-0.2, 0) is 9.59 Å². The highest BCUT2D eigenvalue weighted by molar-refractivity contribution is 9.10. The molecule has 0 aliphatic carbocycles. The van der Waals surface area contributed by atoms with Gasteiger partial charge in [-0.25, -0.2) is 9.18 Å². The molecule has 7 heteroatoms. The molecule has 1 aromatic rings. The van der Waals surface area contributed by atoms with Crippen LogP contribution in [-0.4, -0.2) is 29.6 Å². The average molecular weight is 348 g/mol. The summed E-state index contributed by atoms with van der Waals surface area (Å²) in [5.41, 5.74) is 0. The molecule has 0 fully saturated rings. The summed E-state index contributed by atoms with van der Waals surface area (Å²) in [5.74, 6) is -2.68. The van der Waals surface area contributed by atoms with Gasteiger partial charge in [0.25, 0.3) is 5.91 Å². The van der Waals surface area contributed by atoms with Crippen LogP contribution >= 0.6 is 15.9 Å². The van der Waals surface area contributed by atoms with Gasteiger partial charge in [0, 0.05) is 4.47 Å². The van der Waals surface area contributed by atoms with Crippen LogP contribution in [0.5, 0.6) is 5.75 Å². The monoisotopic (exact) mass is 347 g/mol.